The Morgan fingerprint density at radius 2 is 1.75 bits per heavy atom. The second-order valence-corrected chi connectivity index (χ2v) is 9.06. The summed E-state index contributed by atoms with van der Waals surface area (Å²) in [5.74, 6) is -1.19. The molecule has 0 radical (unpaired) electrons. The standard InChI is InChI=1S/C26H20BrN3O6/c1-15-3-4-16(2)22(11-15)29-25(32)21(24(31)28-26(29)33)13-18-12-19(27)7-10-23(18)36-14-17-5-8-20(9-6-17)30(34)35/h3-13H,14H2,1-2H3,(H,28,31,33)/b21-13+. The highest BCUT2D eigenvalue weighted by molar-refractivity contribution is 9.10. The van der Waals surface area contributed by atoms with Crippen LogP contribution in [-0.2, 0) is 16.2 Å². The monoisotopic (exact) mass is 549 g/mol. The number of benzene rings is 3. The van der Waals surface area contributed by atoms with E-state index in [1.807, 2.05) is 13.0 Å². The lowest BCUT2D eigenvalue weighted by Crippen LogP contribution is -2.54. The van der Waals surface area contributed by atoms with Crippen molar-refractivity contribution in [3.63, 3.8) is 0 Å². The van der Waals surface area contributed by atoms with Gasteiger partial charge in [-0.15, -0.1) is 0 Å². The zero-order valence-electron chi connectivity index (χ0n) is 19.3. The number of aryl methyl sites for hydroxylation is 2. The molecule has 1 saturated heterocycles. The van der Waals surface area contributed by atoms with E-state index in [4.69, 9.17) is 4.74 Å². The van der Waals surface area contributed by atoms with Gasteiger partial charge >= 0.3 is 6.03 Å². The highest BCUT2D eigenvalue weighted by Crippen LogP contribution is 2.30. The summed E-state index contributed by atoms with van der Waals surface area (Å²) in [7, 11) is 0. The van der Waals surface area contributed by atoms with Gasteiger partial charge in [-0.3, -0.25) is 25.0 Å². The molecular formula is C26H20BrN3O6. The number of imide groups is 2. The van der Waals surface area contributed by atoms with Gasteiger partial charge in [-0.05, 0) is 73.0 Å². The lowest BCUT2D eigenvalue weighted by molar-refractivity contribution is -0.384. The molecule has 0 bridgehead atoms. The number of urea groups is 1. The average Bonchev–Trinajstić information content (AvgIpc) is 2.83. The molecule has 0 aromatic heterocycles. The zero-order chi connectivity index (χ0) is 26.0. The van der Waals surface area contributed by atoms with Crippen LogP contribution in [0.1, 0.15) is 22.3 Å². The van der Waals surface area contributed by atoms with Crippen LogP contribution in [0.5, 0.6) is 5.75 Å². The number of hydrogen-bond acceptors (Lipinski definition) is 6. The lowest BCUT2D eigenvalue weighted by atomic mass is 10.0. The molecule has 182 valence electrons. The van der Waals surface area contributed by atoms with E-state index in [9.17, 15) is 24.5 Å². The molecule has 1 N–H and O–H groups in total. The summed E-state index contributed by atoms with van der Waals surface area (Å²) in [5, 5.41) is 13.1. The SMILES string of the molecule is Cc1ccc(C)c(N2C(=O)NC(=O)/C(=C\c3cc(Br)ccc3OCc3ccc([N+](=O)[O-])cc3)C2=O)c1. The lowest BCUT2D eigenvalue weighted by Gasteiger charge is -2.28. The fourth-order valence-corrected chi connectivity index (χ4v) is 4.01. The van der Waals surface area contributed by atoms with Gasteiger partial charge in [0, 0.05) is 22.2 Å². The van der Waals surface area contributed by atoms with Crippen molar-refractivity contribution in [2.75, 3.05) is 4.90 Å². The first kappa shape index (κ1) is 24.8. The molecule has 9 nitrogen and oxygen atoms in total. The molecular weight excluding hydrogens is 530 g/mol. The van der Waals surface area contributed by atoms with Crippen molar-refractivity contribution in [2.45, 2.75) is 20.5 Å². The van der Waals surface area contributed by atoms with Crippen LogP contribution in [0.4, 0.5) is 16.2 Å². The predicted octanol–water partition coefficient (Wildman–Crippen LogP) is 5.22. The van der Waals surface area contributed by atoms with E-state index in [1.165, 1.54) is 18.2 Å². The zero-order valence-corrected chi connectivity index (χ0v) is 20.9. The number of carbonyl (C=O) groups is 3. The summed E-state index contributed by atoms with van der Waals surface area (Å²) in [6, 6.07) is 15.6. The van der Waals surface area contributed by atoms with E-state index in [0.717, 1.165) is 10.5 Å². The number of nitrogens with zero attached hydrogens (tertiary/aromatic N) is 2. The number of halogens is 1. The van der Waals surface area contributed by atoms with Gasteiger partial charge in [0.1, 0.15) is 17.9 Å². The minimum Gasteiger partial charge on any atom is -0.488 e. The number of rotatable bonds is 6. The van der Waals surface area contributed by atoms with Crippen molar-refractivity contribution in [1.29, 1.82) is 0 Å². The van der Waals surface area contributed by atoms with Gasteiger partial charge in [0.2, 0.25) is 0 Å². The first-order valence-electron chi connectivity index (χ1n) is 10.8. The van der Waals surface area contributed by atoms with Crippen molar-refractivity contribution >= 4 is 51.2 Å². The van der Waals surface area contributed by atoms with Crippen molar-refractivity contribution in [2.24, 2.45) is 0 Å². The van der Waals surface area contributed by atoms with Crippen LogP contribution >= 0.6 is 15.9 Å². The number of amides is 4. The number of carbonyl (C=O) groups excluding carboxylic acids is 3. The number of hydrogen-bond donors (Lipinski definition) is 1. The first-order chi connectivity index (χ1) is 17.1. The van der Waals surface area contributed by atoms with E-state index < -0.39 is 22.8 Å². The third kappa shape index (κ3) is 5.18. The fraction of sp³-hybridized carbons (Fsp3) is 0.115. The summed E-state index contributed by atoms with van der Waals surface area (Å²) < 4.78 is 6.58. The molecule has 4 rings (SSSR count). The number of barbiturate groups is 1. The second-order valence-electron chi connectivity index (χ2n) is 8.14. The maximum absolute atomic E-state index is 13.3. The van der Waals surface area contributed by atoms with Crippen LogP contribution in [0, 0.1) is 24.0 Å². The highest BCUT2D eigenvalue weighted by atomic mass is 79.9. The summed E-state index contributed by atoms with van der Waals surface area (Å²) in [6.07, 6.45) is 1.37. The van der Waals surface area contributed by atoms with Crippen LogP contribution in [0.2, 0.25) is 0 Å². The Bertz CT molecular complexity index is 1430. The quantitative estimate of drug-likeness (QED) is 0.195. The minimum atomic E-state index is -0.820. The number of nitro groups is 1. The van der Waals surface area contributed by atoms with Gasteiger partial charge in [0.05, 0.1) is 10.6 Å². The molecule has 0 atom stereocenters. The molecule has 4 amide bonds. The summed E-state index contributed by atoms with van der Waals surface area (Å²) in [6.45, 7) is 3.71. The Morgan fingerprint density at radius 3 is 2.44 bits per heavy atom. The van der Waals surface area contributed by atoms with Crippen molar-refractivity contribution < 1.29 is 24.0 Å². The Labute approximate surface area is 214 Å². The van der Waals surface area contributed by atoms with Crippen molar-refractivity contribution in [3.8, 4) is 5.75 Å². The Morgan fingerprint density at radius 1 is 1.03 bits per heavy atom. The van der Waals surface area contributed by atoms with Gasteiger partial charge in [-0.2, -0.15) is 0 Å². The van der Waals surface area contributed by atoms with Gasteiger partial charge in [-0.25, -0.2) is 9.69 Å². The van der Waals surface area contributed by atoms with Crippen LogP contribution < -0.4 is 15.0 Å². The van der Waals surface area contributed by atoms with Crippen LogP contribution in [0.25, 0.3) is 6.08 Å². The minimum absolute atomic E-state index is 0.0300. The van der Waals surface area contributed by atoms with Gasteiger partial charge in [0.15, 0.2) is 0 Å². The number of nitro benzene ring substituents is 1. The second kappa shape index (κ2) is 10.1. The molecule has 3 aromatic carbocycles. The summed E-state index contributed by atoms with van der Waals surface area (Å²) >= 11 is 3.39. The molecule has 36 heavy (non-hydrogen) atoms. The molecule has 1 aliphatic rings. The molecule has 10 heteroatoms. The molecule has 0 unspecified atom stereocenters. The molecule has 1 aliphatic heterocycles. The van der Waals surface area contributed by atoms with E-state index in [-0.39, 0.29) is 17.9 Å². The summed E-state index contributed by atoms with van der Waals surface area (Å²) in [4.78, 5) is 49.9. The van der Waals surface area contributed by atoms with E-state index in [1.54, 1.807) is 49.4 Å². The van der Waals surface area contributed by atoms with E-state index in [2.05, 4.69) is 21.2 Å². The van der Waals surface area contributed by atoms with Crippen LogP contribution in [-0.4, -0.2) is 22.8 Å². The maximum Gasteiger partial charge on any atom is 0.335 e. The predicted molar refractivity (Wildman–Crippen MR) is 136 cm³/mol. The third-order valence-corrected chi connectivity index (χ3v) is 6.01. The molecule has 3 aromatic rings. The Balaban J connectivity index is 1.66. The topological polar surface area (TPSA) is 119 Å². The smallest absolute Gasteiger partial charge is 0.335 e. The largest absolute Gasteiger partial charge is 0.488 e. The molecule has 0 aliphatic carbocycles. The fourth-order valence-electron chi connectivity index (χ4n) is 3.63. The molecule has 0 spiro atoms. The normalized spacial score (nSPS) is 14.7. The summed E-state index contributed by atoms with van der Waals surface area (Å²) in [5.41, 5.74) is 2.81. The number of non-ortho nitro benzene ring substituents is 1. The molecule has 0 saturated carbocycles. The van der Waals surface area contributed by atoms with E-state index in [0.29, 0.717) is 32.6 Å². The van der Waals surface area contributed by atoms with Crippen LogP contribution in [0.3, 0.4) is 0 Å². The molecule has 1 heterocycles. The van der Waals surface area contributed by atoms with Gasteiger partial charge < -0.3 is 4.74 Å². The van der Waals surface area contributed by atoms with E-state index >= 15 is 0 Å². The van der Waals surface area contributed by atoms with Crippen LogP contribution in [0.15, 0.2) is 70.7 Å². The van der Waals surface area contributed by atoms with Crippen molar-refractivity contribution in [1.82, 2.24) is 5.32 Å². The van der Waals surface area contributed by atoms with Crippen molar-refractivity contribution in [3.05, 3.63) is 103 Å². The van der Waals surface area contributed by atoms with Gasteiger partial charge in [-0.1, -0.05) is 28.1 Å². The first-order valence-corrected chi connectivity index (χ1v) is 11.6. The Kier molecular flexibility index (Phi) is 6.98. The van der Waals surface area contributed by atoms with Gasteiger partial charge in [0.25, 0.3) is 17.5 Å². The number of anilines is 1. The number of nitrogens with one attached hydrogen (secondary N) is 1. The number of ether oxygens (including phenoxy) is 1. The maximum atomic E-state index is 13.3. The average molecular weight is 550 g/mol. The highest BCUT2D eigenvalue weighted by Gasteiger charge is 2.37. The Hall–Kier alpha value is -4.31. The third-order valence-electron chi connectivity index (χ3n) is 5.52. The molecule has 1 fully saturated rings.